The van der Waals surface area contributed by atoms with Crippen LogP contribution < -0.4 is 0 Å². The predicted octanol–water partition coefficient (Wildman–Crippen LogP) is 5.68. The van der Waals surface area contributed by atoms with Gasteiger partial charge < -0.3 is 14.5 Å². The van der Waals surface area contributed by atoms with Crippen molar-refractivity contribution in [1.82, 2.24) is 0 Å². The van der Waals surface area contributed by atoms with E-state index in [1.165, 1.54) is 57.8 Å². The lowest BCUT2D eigenvalue weighted by Crippen LogP contribution is -2.09. The van der Waals surface area contributed by atoms with E-state index >= 15 is 0 Å². The van der Waals surface area contributed by atoms with Gasteiger partial charge in [0.25, 0.3) is 0 Å². The zero-order valence-electron chi connectivity index (χ0n) is 16.9. The van der Waals surface area contributed by atoms with Crippen molar-refractivity contribution in [2.24, 2.45) is 0 Å². The lowest BCUT2D eigenvalue weighted by Gasteiger charge is -2.06. The highest BCUT2D eigenvalue weighted by atomic mass is 31.2. The van der Waals surface area contributed by atoms with E-state index in [0.29, 0.717) is 6.42 Å². The monoisotopic (exact) mass is 406 g/mol. The average molecular weight is 407 g/mol. The molecule has 0 amide bonds. The van der Waals surface area contributed by atoms with Crippen molar-refractivity contribution in [3.63, 3.8) is 0 Å². The first-order valence-corrected chi connectivity index (χ1v) is 12.0. The zero-order valence-corrected chi connectivity index (χ0v) is 17.8. The Morgan fingerprint density at radius 1 is 0.815 bits per heavy atom. The van der Waals surface area contributed by atoms with E-state index in [-0.39, 0.29) is 19.2 Å². The summed E-state index contributed by atoms with van der Waals surface area (Å²) in [6.45, 7) is 1.83. The molecule has 0 saturated heterocycles. The number of allylic oxidation sites excluding steroid dienone is 2. The third-order valence-electron chi connectivity index (χ3n) is 4.25. The lowest BCUT2D eigenvalue weighted by atomic mass is 10.1. The van der Waals surface area contributed by atoms with Gasteiger partial charge in [-0.3, -0.25) is 9.32 Å². The van der Waals surface area contributed by atoms with Crippen LogP contribution in [0.1, 0.15) is 96.8 Å². The first-order valence-electron chi connectivity index (χ1n) is 10.5. The number of phosphoric acid groups is 1. The van der Waals surface area contributed by atoms with Gasteiger partial charge in [-0.1, -0.05) is 70.4 Å². The highest BCUT2D eigenvalue weighted by molar-refractivity contribution is 7.46. The Kier molecular flexibility index (Phi) is 18.2. The smallest absolute Gasteiger partial charge is 0.463 e. The van der Waals surface area contributed by atoms with Crippen molar-refractivity contribution in [1.29, 1.82) is 0 Å². The van der Waals surface area contributed by atoms with Crippen LogP contribution in [0, 0.1) is 0 Å². The topological polar surface area (TPSA) is 93.1 Å². The molecule has 0 spiro atoms. The van der Waals surface area contributed by atoms with Crippen LogP contribution in [-0.4, -0.2) is 29.0 Å². The number of hydrogen-bond acceptors (Lipinski definition) is 4. The first-order chi connectivity index (χ1) is 13.0. The highest BCUT2D eigenvalue weighted by Gasteiger charge is 2.13. The molecular weight excluding hydrogens is 367 g/mol. The summed E-state index contributed by atoms with van der Waals surface area (Å²) in [5.41, 5.74) is 0. The van der Waals surface area contributed by atoms with Gasteiger partial charge in [-0.15, -0.1) is 0 Å². The Morgan fingerprint density at radius 3 is 1.89 bits per heavy atom. The predicted molar refractivity (Wildman–Crippen MR) is 108 cm³/mol. The molecule has 0 aromatic heterocycles. The van der Waals surface area contributed by atoms with Crippen LogP contribution in [0.25, 0.3) is 0 Å². The summed E-state index contributed by atoms with van der Waals surface area (Å²) >= 11 is 0. The number of ether oxygens (including phenoxy) is 1. The van der Waals surface area contributed by atoms with Gasteiger partial charge >= 0.3 is 13.8 Å². The molecule has 0 aromatic carbocycles. The Labute approximate surface area is 165 Å². The fraction of sp³-hybridized carbons (Fsp3) is 0.850. The summed E-state index contributed by atoms with van der Waals surface area (Å²) < 4.78 is 19.5. The maximum Gasteiger partial charge on any atom is 0.469 e. The molecule has 6 nitrogen and oxygen atoms in total. The van der Waals surface area contributed by atoms with Crippen molar-refractivity contribution in [3.8, 4) is 0 Å². The van der Waals surface area contributed by atoms with E-state index < -0.39 is 7.82 Å². The Balaban J connectivity index is 3.27. The summed E-state index contributed by atoms with van der Waals surface area (Å²) in [4.78, 5) is 28.4. The van der Waals surface area contributed by atoms with Gasteiger partial charge in [0.05, 0.1) is 6.61 Å². The molecule has 0 radical (unpaired) electrons. The second-order valence-corrected chi connectivity index (χ2v) is 8.12. The van der Waals surface area contributed by atoms with E-state index in [1.54, 1.807) is 0 Å². The molecule has 0 saturated carbocycles. The number of carbonyl (C=O) groups excluding carboxylic acids is 1. The standard InChI is InChI=1S/C20H39O6P/c1-2-3-4-5-6-7-8-9-10-11-12-13-14-15-16-17-20(21)25-18-19-26-27(22,23)24/h9-10H,2-8,11-19H2,1H3,(H2,22,23,24)/b10-9+. The highest BCUT2D eigenvalue weighted by Crippen LogP contribution is 2.35. The van der Waals surface area contributed by atoms with Gasteiger partial charge in [0.1, 0.15) is 6.61 Å². The number of carbonyl (C=O) groups is 1. The van der Waals surface area contributed by atoms with Crippen LogP contribution >= 0.6 is 7.82 Å². The van der Waals surface area contributed by atoms with Gasteiger partial charge in [0, 0.05) is 6.42 Å². The maximum atomic E-state index is 11.4. The molecule has 0 aliphatic rings. The third kappa shape index (κ3) is 23.3. The molecule has 0 aliphatic carbocycles. The Hall–Kier alpha value is -0.680. The Bertz CT molecular complexity index is 419. The maximum absolute atomic E-state index is 11.4. The average Bonchev–Trinajstić information content (AvgIpc) is 2.61. The number of unbranched alkanes of at least 4 members (excludes halogenated alkanes) is 11. The van der Waals surface area contributed by atoms with Crippen molar-refractivity contribution in [2.45, 2.75) is 96.8 Å². The Morgan fingerprint density at radius 2 is 1.33 bits per heavy atom. The molecule has 0 atom stereocenters. The summed E-state index contributed by atoms with van der Waals surface area (Å²) in [6.07, 6.45) is 20.6. The summed E-state index contributed by atoms with van der Waals surface area (Å²) in [5.74, 6) is -0.345. The van der Waals surface area contributed by atoms with E-state index in [1.807, 2.05) is 0 Å². The molecule has 7 heteroatoms. The molecule has 0 aliphatic heterocycles. The van der Waals surface area contributed by atoms with E-state index in [2.05, 4.69) is 23.6 Å². The molecule has 0 unspecified atom stereocenters. The number of phosphoric ester groups is 1. The largest absolute Gasteiger partial charge is 0.469 e. The van der Waals surface area contributed by atoms with Gasteiger partial charge in [0.2, 0.25) is 0 Å². The van der Waals surface area contributed by atoms with Crippen LogP contribution in [0.3, 0.4) is 0 Å². The minimum Gasteiger partial charge on any atom is -0.463 e. The minimum absolute atomic E-state index is 0.130. The summed E-state index contributed by atoms with van der Waals surface area (Å²) in [5, 5.41) is 0. The molecule has 0 fully saturated rings. The lowest BCUT2D eigenvalue weighted by molar-refractivity contribution is -0.144. The molecule has 160 valence electrons. The third-order valence-corrected chi connectivity index (χ3v) is 4.77. The van der Waals surface area contributed by atoms with E-state index in [4.69, 9.17) is 14.5 Å². The van der Waals surface area contributed by atoms with Crippen LogP contribution in [-0.2, 0) is 18.6 Å². The van der Waals surface area contributed by atoms with Crippen LogP contribution in [0.4, 0.5) is 0 Å². The molecule has 0 rings (SSSR count). The molecule has 2 N–H and O–H groups in total. The molecule has 0 bridgehead atoms. The molecule has 0 heterocycles. The minimum atomic E-state index is -4.48. The molecular formula is C20H39O6P. The quantitative estimate of drug-likeness (QED) is 0.124. The second kappa shape index (κ2) is 18.7. The SMILES string of the molecule is CCCCCCCC/C=C/CCCCCCCC(=O)OCCOP(=O)(O)O. The van der Waals surface area contributed by atoms with Gasteiger partial charge in [-0.25, -0.2) is 4.57 Å². The van der Waals surface area contributed by atoms with Crippen molar-refractivity contribution in [2.75, 3.05) is 13.2 Å². The molecule has 27 heavy (non-hydrogen) atoms. The molecule has 0 aromatic rings. The van der Waals surface area contributed by atoms with E-state index in [0.717, 1.165) is 25.7 Å². The van der Waals surface area contributed by atoms with Crippen molar-refractivity contribution < 1.29 is 28.4 Å². The van der Waals surface area contributed by atoms with Crippen molar-refractivity contribution >= 4 is 13.8 Å². The number of hydrogen-bond donors (Lipinski definition) is 2. The number of rotatable bonds is 19. The number of esters is 1. The second-order valence-electron chi connectivity index (χ2n) is 6.88. The first kappa shape index (κ1) is 26.3. The van der Waals surface area contributed by atoms with Gasteiger partial charge in [0.15, 0.2) is 0 Å². The van der Waals surface area contributed by atoms with Crippen LogP contribution in [0.2, 0.25) is 0 Å². The van der Waals surface area contributed by atoms with Crippen LogP contribution in [0.5, 0.6) is 0 Å². The van der Waals surface area contributed by atoms with Gasteiger partial charge in [-0.05, 0) is 32.1 Å². The fourth-order valence-corrected chi connectivity index (χ4v) is 3.04. The summed E-state index contributed by atoms with van der Waals surface area (Å²) in [6, 6.07) is 0. The van der Waals surface area contributed by atoms with Crippen LogP contribution in [0.15, 0.2) is 12.2 Å². The normalized spacial score (nSPS) is 12.0. The van der Waals surface area contributed by atoms with Crippen molar-refractivity contribution in [3.05, 3.63) is 12.2 Å². The summed E-state index contributed by atoms with van der Waals surface area (Å²) in [7, 11) is -4.48. The van der Waals surface area contributed by atoms with Gasteiger partial charge in [-0.2, -0.15) is 0 Å². The zero-order chi connectivity index (χ0) is 20.2. The fourth-order valence-electron chi connectivity index (χ4n) is 2.72. The van der Waals surface area contributed by atoms with E-state index in [9.17, 15) is 9.36 Å².